The Morgan fingerprint density at radius 2 is 1.88 bits per heavy atom. The summed E-state index contributed by atoms with van der Waals surface area (Å²) in [5.74, 6) is -0.243. The van der Waals surface area contributed by atoms with E-state index in [-0.39, 0.29) is 12.5 Å². The summed E-state index contributed by atoms with van der Waals surface area (Å²) in [6.07, 6.45) is 1.81. The normalized spacial score (nSPS) is 12.0. The van der Waals surface area contributed by atoms with E-state index in [1.807, 2.05) is 49.6 Å². The third-order valence-electron chi connectivity index (χ3n) is 3.58. The van der Waals surface area contributed by atoms with Gasteiger partial charge in [0.1, 0.15) is 12.3 Å². The predicted octanol–water partition coefficient (Wildman–Crippen LogP) is 4.09. The lowest BCUT2D eigenvalue weighted by Crippen LogP contribution is -2.29. The molecule has 2 rings (SSSR count). The van der Waals surface area contributed by atoms with Gasteiger partial charge in [-0.3, -0.25) is 4.79 Å². The maximum atomic E-state index is 12.1. The number of rotatable bonds is 7. The smallest absolute Gasteiger partial charge is 0.270 e. The van der Waals surface area contributed by atoms with Crippen LogP contribution in [0.4, 0.5) is 0 Å². The minimum Gasteiger partial charge on any atom is -0.391 e. The summed E-state index contributed by atoms with van der Waals surface area (Å²) in [5.41, 5.74) is 3.58. The van der Waals surface area contributed by atoms with Gasteiger partial charge in [0.25, 0.3) is 5.91 Å². The van der Waals surface area contributed by atoms with Crippen molar-refractivity contribution in [2.75, 3.05) is 13.3 Å². The van der Waals surface area contributed by atoms with Crippen LogP contribution in [-0.2, 0) is 16.2 Å². The number of carbonyl (C=O) groups is 1. The molecule has 0 radical (unpaired) electrons. The van der Waals surface area contributed by atoms with Crippen molar-refractivity contribution in [2.45, 2.75) is 13.5 Å². The average Bonchev–Trinajstić information content (AvgIpc) is 2.66. The highest BCUT2D eigenvalue weighted by molar-refractivity contribution is 7.97. The van der Waals surface area contributed by atoms with Crippen LogP contribution < -0.4 is 5.32 Å². The molecule has 5 nitrogen and oxygen atoms in total. The van der Waals surface area contributed by atoms with Crippen LogP contribution >= 0.6 is 23.5 Å². The lowest BCUT2D eigenvalue weighted by atomic mass is 10.0. The Kier molecular flexibility index (Phi) is 7.69. The average molecular weight is 390 g/mol. The predicted molar refractivity (Wildman–Crippen MR) is 109 cm³/mol. The standard InChI is InChI=1S/C19H20ClN3O2S/c1-13(14-8-10-16(20)11-9-14)22-25-12-15-6-4-5-7-17(15)18(23-26-3)19(24)21-2/h4-11H,12H2,1-3H3,(H,21,24)/b22-13+,23-18?. The Hall–Kier alpha value is -2.31. The van der Waals surface area contributed by atoms with E-state index < -0.39 is 0 Å². The van der Waals surface area contributed by atoms with Gasteiger partial charge < -0.3 is 10.2 Å². The van der Waals surface area contributed by atoms with Crippen LogP contribution in [0.25, 0.3) is 0 Å². The fraction of sp³-hybridized carbons (Fsp3) is 0.211. The molecule has 0 fully saturated rings. The first-order valence-corrected chi connectivity index (χ1v) is 9.46. The molecule has 0 heterocycles. The molecule has 0 unspecified atom stereocenters. The van der Waals surface area contributed by atoms with E-state index in [0.717, 1.165) is 22.4 Å². The Bertz CT molecular complexity index is 820. The molecular weight excluding hydrogens is 370 g/mol. The number of hydrogen-bond acceptors (Lipinski definition) is 5. The Labute approximate surface area is 162 Å². The molecule has 136 valence electrons. The minimum atomic E-state index is -0.243. The number of halogens is 1. The van der Waals surface area contributed by atoms with E-state index in [0.29, 0.717) is 10.7 Å². The molecule has 0 bridgehead atoms. The number of nitrogens with one attached hydrogen (secondary N) is 1. The van der Waals surface area contributed by atoms with E-state index in [4.69, 9.17) is 16.4 Å². The number of hydrogen-bond donors (Lipinski definition) is 1. The van der Waals surface area contributed by atoms with E-state index in [1.165, 1.54) is 11.9 Å². The quantitative estimate of drug-likeness (QED) is 0.440. The van der Waals surface area contributed by atoms with Crippen molar-refractivity contribution in [3.05, 3.63) is 70.2 Å². The SMILES string of the molecule is CNC(=O)C(=NSC)c1ccccc1CO/N=C(\C)c1ccc(Cl)cc1. The number of oxime groups is 1. The van der Waals surface area contributed by atoms with Crippen LogP contribution in [0.3, 0.4) is 0 Å². The van der Waals surface area contributed by atoms with Crippen LogP contribution in [0.5, 0.6) is 0 Å². The van der Waals surface area contributed by atoms with E-state index in [1.54, 1.807) is 19.2 Å². The molecule has 0 spiro atoms. The number of amides is 1. The third kappa shape index (κ3) is 5.34. The number of benzene rings is 2. The first-order chi connectivity index (χ1) is 12.6. The minimum absolute atomic E-state index is 0.228. The monoisotopic (exact) mass is 389 g/mol. The largest absolute Gasteiger partial charge is 0.391 e. The lowest BCUT2D eigenvalue weighted by Gasteiger charge is -2.10. The molecule has 7 heteroatoms. The van der Waals surface area contributed by atoms with Crippen molar-refractivity contribution >= 4 is 40.9 Å². The molecule has 0 aliphatic rings. The highest BCUT2D eigenvalue weighted by Gasteiger charge is 2.16. The number of carbonyl (C=O) groups excluding carboxylic acids is 1. The van der Waals surface area contributed by atoms with Crippen molar-refractivity contribution in [3.63, 3.8) is 0 Å². The molecular formula is C19H20ClN3O2S. The Balaban J connectivity index is 2.17. The van der Waals surface area contributed by atoms with Gasteiger partial charge in [0.05, 0.1) is 5.71 Å². The maximum absolute atomic E-state index is 12.1. The van der Waals surface area contributed by atoms with Gasteiger partial charge in [-0.2, -0.15) is 0 Å². The van der Waals surface area contributed by atoms with Crippen LogP contribution in [0.1, 0.15) is 23.6 Å². The van der Waals surface area contributed by atoms with Crippen LogP contribution in [-0.4, -0.2) is 30.6 Å². The summed E-state index contributed by atoms with van der Waals surface area (Å²) in [6, 6.07) is 14.9. The molecule has 0 atom stereocenters. The first kappa shape index (κ1) is 20.0. The molecule has 0 aromatic heterocycles. The topological polar surface area (TPSA) is 63.0 Å². The first-order valence-electron chi connectivity index (χ1n) is 7.90. The van der Waals surface area contributed by atoms with Gasteiger partial charge in [-0.05, 0) is 36.6 Å². The van der Waals surface area contributed by atoms with Crippen molar-refractivity contribution in [1.82, 2.24) is 5.32 Å². The van der Waals surface area contributed by atoms with Gasteiger partial charge in [0.2, 0.25) is 0 Å². The van der Waals surface area contributed by atoms with Gasteiger partial charge in [-0.15, -0.1) is 0 Å². The molecule has 0 aliphatic carbocycles. The zero-order valence-electron chi connectivity index (χ0n) is 14.8. The highest BCUT2D eigenvalue weighted by atomic mass is 35.5. The highest BCUT2D eigenvalue weighted by Crippen LogP contribution is 2.15. The summed E-state index contributed by atoms with van der Waals surface area (Å²) in [7, 11) is 1.58. The van der Waals surface area contributed by atoms with Crippen molar-refractivity contribution < 1.29 is 9.63 Å². The second-order valence-corrected chi connectivity index (χ2v) is 6.30. The van der Waals surface area contributed by atoms with Crippen LogP contribution in [0.2, 0.25) is 5.02 Å². The summed E-state index contributed by atoms with van der Waals surface area (Å²) in [5, 5.41) is 7.44. The van der Waals surface area contributed by atoms with Gasteiger partial charge in [-0.1, -0.05) is 53.2 Å². The fourth-order valence-corrected chi connectivity index (χ4v) is 2.73. The van der Waals surface area contributed by atoms with E-state index in [2.05, 4.69) is 14.9 Å². The second kappa shape index (κ2) is 9.99. The molecule has 2 aromatic rings. The zero-order chi connectivity index (χ0) is 18.9. The molecule has 1 N–H and O–H groups in total. The Morgan fingerprint density at radius 1 is 1.19 bits per heavy atom. The molecule has 0 saturated carbocycles. The maximum Gasteiger partial charge on any atom is 0.270 e. The summed E-state index contributed by atoms with van der Waals surface area (Å²) in [4.78, 5) is 17.6. The van der Waals surface area contributed by atoms with Gasteiger partial charge >= 0.3 is 0 Å². The van der Waals surface area contributed by atoms with Crippen LogP contribution in [0.15, 0.2) is 58.1 Å². The molecule has 0 aliphatic heterocycles. The Morgan fingerprint density at radius 3 is 2.54 bits per heavy atom. The van der Waals surface area contributed by atoms with Crippen LogP contribution in [0, 0.1) is 0 Å². The fourth-order valence-electron chi connectivity index (χ4n) is 2.24. The van der Waals surface area contributed by atoms with Gasteiger partial charge in [0, 0.05) is 29.5 Å². The van der Waals surface area contributed by atoms with Gasteiger partial charge in [0.15, 0.2) is 0 Å². The van der Waals surface area contributed by atoms with Crippen molar-refractivity contribution in [1.29, 1.82) is 0 Å². The zero-order valence-corrected chi connectivity index (χ0v) is 16.4. The summed E-state index contributed by atoms with van der Waals surface area (Å²) in [6.45, 7) is 2.09. The number of likely N-dealkylation sites (N-methyl/N-ethyl adjacent to an activating group) is 1. The second-order valence-electron chi connectivity index (χ2n) is 5.32. The van der Waals surface area contributed by atoms with E-state index in [9.17, 15) is 4.79 Å². The van der Waals surface area contributed by atoms with Crippen molar-refractivity contribution in [3.8, 4) is 0 Å². The molecule has 1 amide bonds. The lowest BCUT2D eigenvalue weighted by molar-refractivity contribution is -0.114. The van der Waals surface area contributed by atoms with Crippen molar-refractivity contribution in [2.24, 2.45) is 9.55 Å². The van der Waals surface area contributed by atoms with E-state index >= 15 is 0 Å². The van der Waals surface area contributed by atoms with Gasteiger partial charge in [-0.25, -0.2) is 4.40 Å². The molecule has 2 aromatic carbocycles. The molecule has 26 heavy (non-hydrogen) atoms. The number of nitrogens with zero attached hydrogens (tertiary/aromatic N) is 2. The summed E-state index contributed by atoms with van der Waals surface area (Å²) >= 11 is 7.13. The molecule has 0 saturated heterocycles. The summed E-state index contributed by atoms with van der Waals surface area (Å²) < 4.78 is 4.24. The third-order valence-corrected chi connectivity index (χ3v) is 4.20.